The Morgan fingerprint density at radius 3 is 2.83 bits per heavy atom. The van der Waals surface area contributed by atoms with Gasteiger partial charge in [0.25, 0.3) is 0 Å². The zero-order chi connectivity index (χ0) is 21.9. The molecule has 0 aromatic heterocycles. The van der Waals surface area contributed by atoms with E-state index < -0.39 is 9.89 Å². The van der Waals surface area contributed by atoms with Gasteiger partial charge in [0.1, 0.15) is 12.4 Å². The first-order valence-electron chi connectivity index (χ1n) is 10.5. The molecule has 5 atom stereocenters. The molecule has 3 aliphatic rings. The Morgan fingerprint density at radius 2 is 2.13 bits per heavy atom. The first-order chi connectivity index (χ1) is 14.0. The molecule has 1 saturated heterocycles. The van der Waals surface area contributed by atoms with Crippen LogP contribution in [0.2, 0.25) is 0 Å². The maximum Gasteiger partial charge on any atom is 0.409 e. The van der Waals surface area contributed by atoms with Gasteiger partial charge < -0.3 is 20.1 Å². The van der Waals surface area contributed by atoms with Gasteiger partial charge in [0, 0.05) is 24.5 Å². The van der Waals surface area contributed by atoms with Gasteiger partial charge in [-0.25, -0.2) is 4.79 Å². The van der Waals surface area contributed by atoms with Crippen LogP contribution in [0, 0.1) is 11.3 Å². The number of halogens is 3. The number of amides is 1. The molecule has 1 saturated carbocycles. The van der Waals surface area contributed by atoms with Gasteiger partial charge in [0.2, 0.25) is 3.79 Å². The zero-order valence-corrected chi connectivity index (χ0v) is 19.8. The van der Waals surface area contributed by atoms with Crippen molar-refractivity contribution in [3.63, 3.8) is 0 Å². The Morgan fingerprint density at radius 1 is 1.40 bits per heavy atom. The molecule has 166 valence electrons. The van der Waals surface area contributed by atoms with Crippen LogP contribution in [-0.4, -0.2) is 52.2 Å². The Hall–Kier alpha value is -0.880. The summed E-state index contributed by atoms with van der Waals surface area (Å²) in [5, 5.41) is 14.1. The number of piperidine rings is 1. The summed E-state index contributed by atoms with van der Waals surface area (Å²) < 4.78 is 3.61. The van der Waals surface area contributed by atoms with Crippen LogP contribution in [0.4, 0.5) is 4.79 Å². The number of carbonyl (C=O) groups excluding carboxylic acids is 1. The van der Waals surface area contributed by atoms with Crippen LogP contribution in [0.1, 0.15) is 44.2 Å². The first kappa shape index (κ1) is 22.3. The predicted octanol–water partition coefficient (Wildman–Crippen LogP) is 4.79. The van der Waals surface area contributed by atoms with E-state index in [9.17, 15) is 9.90 Å². The minimum atomic E-state index is -1.63. The van der Waals surface area contributed by atoms with Crippen molar-refractivity contribution < 1.29 is 14.6 Å². The monoisotopic (exact) mass is 474 g/mol. The van der Waals surface area contributed by atoms with Crippen LogP contribution in [0.3, 0.4) is 0 Å². The van der Waals surface area contributed by atoms with E-state index in [4.69, 9.17) is 39.5 Å². The Bertz CT molecular complexity index is 845. The van der Waals surface area contributed by atoms with Gasteiger partial charge >= 0.3 is 6.09 Å². The number of phenols is 1. The van der Waals surface area contributed by atoms with E-state index in [1.807, 2.05) is 6.07 Å². The summed E-state index contributed by atoms with van der Waals surface area (Å²) in [5.41, 5.74) is 2.49. The van der Waals surface area contributed by atoms with Gasteiger partial charge in [-0.1, -0.05) is 47.8 Å². The van der Waals surface area contributed by atoms with E-state index in [0.29, 0.717) is 11.8 Å². The molecule has 0 spiro atoms. The molecule has 5 nitrogen and oxygen atoms in total. The predicted molar refractivity (Wildman–Crippen MR) is 120 cm³/mol. The summed E-state index contributed by atoms with van der Waals surface area (Å²) in [6, 6.07) is 6.12. The third kappa shape index (κ3) is 3.37. The molecular formula is C22H29Cl3N2O3. The van der Waals surface area contributed by atoms with Gasteiger partial charge in [-0.3, -0.25) is 0 Å². The molecule has 1 heterocycles. The van der Waals surface area contributed by atoms with Gasteiger partial charge in [0.15, 0.2) is 0 Å². The molecule has 1 aromatic rings. The SMILES string of the molecule is CC(C1CCC2(C)C3Cc4ccc(O)cc4C12CCN3)N(C)C(=O)OCC(Cl)(Cl)Cl. The topological polar surface area (TPSA) is 61.8 Å². The highest BCUT2D eigenvalue weighted by Crippen LogP contribution is 2.66. The highest BCUT2D eigenvalue weighted by molar-refractivity contribution is 6.67. The van der Waals surface area contributed by atoms with Crippen molar-refractivity contribution in [3.8, 4) is 5.75 Å². The van der Waals surface area contributed by atoms with Crippen LogP contribution >= 0.6 is 34.8 Å². The molecule has 1 aliphatic heterocycles. The quantitative estimate of drug-likeness (QED) is 0.617. The molecule has 5 unspecified atom stereocenters. The van der Waals surface area contributed by atoms with Crippen molar-refractivity contribution in [1.82, 2.24) is 10.2 Å². The van der Waals surface area contributed by atoms with Crippen molar-refractivity contribution in [2.24, 2.45) is 11.3 Å². The largest absolute Gasteiger partial charge is 0.508 e. The van der Waals surface area contributed by atoms with E-state index in [0.717, 1.165) is 32.2 Å². The summed E-state index contributed by atoms with van der Waals surface area (Å²) in [5.74, 6) is 0.537. The van der Waals surface area contributed by atoms with E-state index in [1.165, 1.54) is 11.1 Å². The number of aromatic hydroxyl groups is 1. The second-order valence-corrected chi connectivity index (χ2v) is 11.9. The second-order valence-electron chi connectivity index (χ2n) is 9.36. The molecule has 2 fully saturated rings. The lowest BCUT2D eigenvalue weighted by Crippen LogP contribution is -2.65. The molecule has 30 heavy (non-hydrogen) atoms. The normalized spacial score (nSPS) is 33.4. The minimum absolute atomic E-state index is 0.0628. The number of hydrogen-bond donors (Lipinski definition) is 2. The van der Waals surface area contributed by atoms with Gasteiger partial charge in [-0.05, 0) is 73.7 Å². The standard InChI is InChI=1S/C22H29Cl3N2O3/c1-13(27(3)19(29)30-12-22(23,24)25)16-6-7-20(2)18-10-14-4-5-15(28)11-17(14)21(16,20)8-9-26-18/h4-5,11,13,16,18,26,28H,6-10,12H2,1-3H3. The molecule has 1 amide bonds. The van der Waals surface area contributed by atoms with E-state index in [1.54, 1.807) is 18.0 Å². The van der Waals surface area contributed by atoms with Gasteiger partial charge in [0.05, 0.1) is 0 Å². The third-order valence-electron chi connectivity index (χ3n) is 8.14. The summed E-state index contributed by atoms with van der Waals surface area (Å²) in [6.45, 7) is 5.10. The molecule has 8 heteroatoms. The van der Waals surface area contributed by atoms with Crippen LogP contribution in [0.15, 0.2) is 18.2 Å². The number of nitrogens with one attached hydrogen (secondary N) is 1. The van der Waals surface area contributed by atoms with Crippen molar-refractivity contribution in [2.75, 3.05) is 20.2 Å². The van der Waals surface area contributed by atoms with Gasteiger partial charge in [-0.2, -0.15) is 0 Å². The number of ether oxygens (including phenoxy) is 1. The summed E-state index contributed by atoms with van der Waals surface area (Å²) in [4.78, 5) is 14.3. The lowest BCUT2D eigenvalue weighted by Gasteiger charge is -2.60. The summed E-state index contributed by atoms with van der Waals surface area (Å²) >= 11 is 17.2. The molecule has 2 aliphatic carbocycles. The average molecular weight is 476 g/mol. The molecular weight excluding hydrogens is 447 g/mol. The first-order valence-corrected chi connectivity index (χ1v) is 11.6. The summed E-state index contributed by atoms with van der Waals surface area (Å²) in [6.07, 6.45) is 3.54. The van der Waals surface area contributed by atoms with Crippen molar-refractivity contribution in [1.29, 1.82) is 0 Å². The fraction of sp³-hybridized carbons (Fsp3) is 0.682. The van der Waals surface area contributed by atoms with Crippen molar-refractivity contribution in [2.45, 2.75) is 60.8 Å². The highest BCUT2D eigenvalue weighted by atomic mass is 35.6. The molecule has 1 aromatic carbocycles. The van der Waals surface area contributed by atoms with Crippen LogP contribution in [0.5, 0.6) is 5.75 Å². The average Bonchev–Trinajstić information content (AvgIpc) is 3.00. The Balaban J connectivity index is 1.69. The Kier molecular flexibility index (Phi) is 5.66. The number of fused-ring (bicyclic) bond motifs is 1. The van der Waals surface area contributed by atoms with Gasteiger partial charge in [-0.15, -0.1) is 0 Å². The number of carbonyl (C=O) groups is 1. The van der Waals surface area contributed by atoms with E-state index in [2.05, 4.69) is 25.2 Å². The highest BCUT2D eigenvalue weighted by Gasteiger charge is 2.66. The number of alkyl halides is 3. The molecule has 4 rings (SSSR count). The van der Waals surface area contributed by atoms with Crippen LogP contribution in [-0.2, 0) is 16.6 Å². The van der Waals surface area contributed by atoms with Crippen LogP contribution < -0.4 is 5.32 Å². The maximum absolute atomic E-state index is 12.7. The van der Waals surface area contributed by atoms with Crippen molar-refractivity contribution >= 4 is 40.9 Å². The molecule has 2 N–H and O–H groups in total. The van der Waals surface area contributed by atoms with Crippen LogP contribution in [0.25, 0.3) is 0 Å². The van der Waals surface area contributed by atoms with Crippen molar-refractivity contribution in [3.05, 3.63) is 29.3 Å². The lowest BCUT2D eigenvalue weighted by molar-refractivity contribution is 0.00653. The Labute approximate surface area is 193 Å². The maximum atomic E-state index is 12.7. The van der Waals surface area contributed by atoms with E-state index >= 15 is 0 Å². The minimum Gasteiger partial charge on any atom is -0.508 e. The smallest absolute Gasteiger partial charge is 0.409 e. The second kappa shape index (κ2) is 7.61. The number of rotatable bonds is 3. The lowest BCUT2D eigenvalue weighted by atomic mass is 9.48. The fourth-order valence-electron chi connectivity index (χ4n) is 6.62. The fourth-order valence-corrected chi connectivity index (χ4v) is 6.79. The zero-order valence-electron chi connectivity index (χ0n) is 17.6. The number of benzene rings is 1. The third-order valence-corrected chi connectivity index (χ3v) is 8.47. The molecule has 0 radical (unpaired) electrons. The van der Waals surface area contributed by atoms with E-state index in [-0.39, 0.29) is 29.4 Å². The molecule has 2 bridgehead atoms. The summed E-state index contributed by atoms with van der Waals surface area (Å²) in [7, 11) is 1.75. The number of hydrogen-bond acceptors (Lipinski definition) is 4. The number of nitrogens with zero attached hydrogens (tertiary/aromatic N) is 1. The number of phenolic OH excluding ortho intramolecular Hbond substituents is 1.